The lowest BCUT2D eigenvalue weighted by molar-refractivity contribution is 0.517. The largest absolute Gasteiger partial charge is 0.469 e. The quantitative estimate of drug-likeness (QED) is 0.685. The lowest BCUT2D eigenvalue weighted by atomic mass is 10.1. The van der Waals surface area contributed by atoms with Gasteiger partial charge in [0.05, 0.1) is 11.8 Å². The van der Waals surface area contributed by atoms with E-state index in [0.717, 1.165) is 5.56 Å². The van der Waals surface area contributed by atoms with Crippen molar-refractivity contribution in [3.05, 3.63) is 58.6 Å². The molecule has 0 saturated carbocycles. The molecule has 2 aromatic rings. The first kappa shape index (κ1) is 8.75. The molecule has 0 saturated heterocycles. The SMILES string of the molecule is Cc1occc(=O)c1-c1ccccc1. The van der Waals surface area contributed by atoms with Crippen molar-refractivity contribution in [1.29, 1.82) is 0 Å². The monoisotopic (exact) mass is 186 g/mol. The molecule has 0 aliphatic heterocycles. The van der Waals surface area contributed by atoms with Gasteiger partial charge in [0.2, 0.25) is 0 Å². The zero-order chi connectivity index (χ0) is 9.97. The smallest absolute Gasteiger partial charge is 0.192 e. The van der Waals surface area contributed by atoms with Gasteiger partial charge < -0.3 is 4.42 Å². The summed E-state index contributed by atoms with van der Waals surface area (Å²) in [5, 5.41) is 0. The molecule has 1 aromatic carbocycles. The molecular weight excluding hydrogens is 176 g/mol. The lowest BCUT2D eigenvalue weighted by Crippen LogP contribution is -2.03. The average Bonchev–Trinajstić information content (AvgIpc) is 2.19. The molecule has 70 valence electrons. The molecule has 2 nitrogen and oxygen atoms in total. The fourth-order valence-electron chi connectivity index (χ4n) is 1.46. The summed E-state index contributed by atoms with van der Waals surface area (Å²) in [5.41, 5.74) is 1.55. The molecule has 0 bridgehead atoms. The first-order chi connectivity index (χ1) is 6.79. The van der Waals surface area contributed by atoms with E-state index in [2.05, 4.69) is 0 Å². The molecule has 0 radical (unpaired) electrons. The van der Waals surface area contributed by atoms with Gasteiger partial charge in [-0.15, -0.1) is 0 Å². The van der Waals surface area contributed by atoms with Crippen LogP contribution in [0.1, 0.15) is 5.76 Å². The summed E-state index contributed by atoms with van der Waals surface area (Å²) >= 11 is 0. The Morgan fingerprint density at radius 2 is 1.79 bits per heavy atom. The van der Waals surface area contributed by atoms with E-state index >= 15 is 0 Å². The summed E-state index contributed by atoms with van der Waals surface area (Å²) in [6.45, 7) is 1.80. The highest BCUT2D eigenvalue weighted by Crippen LogP contribution is 2.18. The molecule has 0 spiro atoms. The van der Waals surface area contributed by atoms with Crippen LogP contribution in [0.5, 0.6) is 0 Å². The maximum absolute atomic E-state index is 11.6. The minimum absolute atomic E-state index is 0.0000463. The van der Waals surface area contributed by atoms with Gasteiger partial charge >= 0.3 is 0 Å². The third-order valence-corrected chi connectivity index (χ3v) is 2.13. The highest BCUT2D eigenvalue weighted by Gasteiger charge is 2.06. The highest BCUT2D eigenvalue weighted by molar-refractivity contribution is 5.64. The van der Waals surface area contributed by atoms with Crippen molar-refractivity contribution in [2.75, 3.05) is 0 Å². The van der Waals surface area contributed by atoms with Crippen molar-refractivity contribution in [1.82, 2.24) is 0 Å². The van der Waals surface area contributed by atoms with Crippen molar-refractivity contribution >= 4 is 0 Å². The molecule has 0 aliphatic carbocycles. The standard InChI is InChI=1S/C12H10O2/c1-9-12(11(13)7-8-14-9)10-5-3-2-4-6-10/h2-8H,1H3. The second-order valence-electron chi connectivity index (χ2n) is 3.08. The number of rotatable bonds is 1. The van der Waals surface area contributed by atoms with E-state index in [4.69, 9.17) is 4.42 Å². The van der Waals surface area contributed by atoms with Crippen LogP contribution >= 0.6 is 0 Å². The molecule has 0 fully saturated rings. The summed E-state index contributed by atoms with van der Waals surface area (Å²) in [4.78, 5) is 11.6. The van der Waals surface area contributed by atoms with Crippen LogP contribution < -0.4 is 5.43 Å². The normalized spacial score (nSPS) is 10.1. The molecule has 0 amide bonds. The Morgan fingerprint density at radius 1 is 1.07 bits per heavy atom. The second-order valence-corrected chi connectivity index (χ2v) is 3.08. The van der Waals surface area contributed by atoms with Crippen molar-refractivity contribution in [3.63, 3.8) is 0 Å². The predicted molar refractivity (Wildman–Crippen MR) is 55.2 cm³/mol. The maximum atomic E-state index is 11.6. The lowest BCUT2D eigenvalue weighted by Gasteiger charge is -2.02. The van der Waals surface area contributed by atoms with Gasteiger partial charge in [-0.05, 0) is 12.5 Å². The van der Waals surface area contributed by atoms with Gasteiger partial charge in [-0.25, -0.2) is 0 Å². The van der Waals surface area contributed by atoms with E-state index in [1.165, 1.54) is 12.3 Å². The van der Waals surface area contributed by atoms with E-state index in [1.807, 2.05) is 30.3 Å². The van der Waals surface area contributed by atoms with Crippen LogP contribution in [0.3, 0.4) is 0 Å². The summed E-state index contributed by atoms with van der Waals surface area (Å²) in [6.07, 6.45) is 1.42. The van der Waals surface area contributed by atoms with Crippen LogP contribution in [0.15, 0.2) is 51.9 Å². The van der Waals surface area contributed by atoms with Crippen LogP contribution in [0.2, 0.25) is 0 Å². The minimum atomic E-state index is -0.0000463. The number of benzene rings is 1. The van der Waals surface area contributed by atoms with Crippen LogP contribution in [0, 0.1) is 6.92 Å². The minimum Gasteiger partial charge on any atom is -0.469 e. The molecule has 0 N–H and O–H groups in total. The maximum Gasteiger partial charge on any atom is 0.192 e. The van der Waals surface area contributed by atoms with E-state index in [0.29, 0.717) is 11.3 Å². The molecule has 2 rings (SSSR count). The molecule has 0 unspecified atom stereocenters. The zero-order valence-corrected chi connectivity index (χ0v) is 7.86. The molecule has 1 heterocycles. The van der Waals surface area contributed by atoms with Gasteiger partial charge in [0.15, 0.2) is 5.43 Å². The van der Waals surface area contributed by atoms with Crippen LogP contribution in [-0.4, -0.2) is 0 Å². The average molecular weight is 186 g/mol. The number of hydrogen-bond donors (Lipinski definition) is 0. The zero-order valence-electron chi connectivity index (χ0n) is 7.86. The van der Waals surface area contributed by atoms with Crippen molar-refractivity contribution in [2.24, 2.45) is 0 Å². The summed E-state index contributed by atoms with van der Waals surface area (Å²) in [6, 6.07) is 11.0. The van der Waals surface area contributed by atoms with Crippen LogP contribution in [0.4, 0.5) is 0 Å². The van der Waals surface area contributed by atoms with E-state index in [1.54, 1.807) is 6.92 Å². The van der Waals surface area contributed by atoms with Crippen LogP contribution in [0.25, 0.3) is 11.1 Å². The van der Waals surface area contributed by atoms with Crippen molar-refractivity contribution < 1.29 is 4.42 Å². The third kappa shape index (κ3) is 1.46. The Kier molecular flexibility index (Phi) is 2.19. The molecule has 14 heavy (non-hydrogen) atoms. The van der Waals surface area contributed by atoms with Gasteiger partial charge in [0.25, 0.3) is 0 Å². The van der Waals surface area contributed by atoms with Gasteiger partial charge in [-0.2, -0.15) is 0 Å². The van der Waals surface area contributed by atoms with Crippen molar-refractivity contribution in [2.45, 2.75) is 6.92 Å². The van der Waals surface area contributed by atoms with Gasteiger partial charge in [-0.1, -0.05) is 30.3 Å². The second kappa shape index (κ2) is 3.50. The predicted octanol–water partition coefficient (Wildman–Crippen LogP) is 2.62. The topological polar surface area (TPSA) is 30.2 Å². The Hall–Kier alpha value is -1.83. The van der Waals surface area contributed by atoms with Gasteiger partial charge in [0, 0.05) is 6.07 Å². The highest BCUT2D eigenvalue weighted by atomic mass is 16.3. The van der Waals surface area contributed by atoms with Crippen LogP contribution in [-0.2, 0) is 0 Å². The molecule has 0 atom stereocenters. The van der Waals surface area contributed by atoms with Gasteiger partial charge in [-0.3, -0.25) is 4.79 Å². The Morgan fingerprint density at radius 3 is 2.43 bits per heavy atom. The molecule has 0 aliphatic rings. The first-order valence-corrected chi connectivity index (χ1v) is 4.43. The van der Waals surface area contributed by atoms with E-state index in [9.17, 15) is 4.79 Å². The van der Waals surface area contributed by atoms with E-state index in [-0.39, 0.29) is 5.43 Å². The van der Waals surface area contributed by atoms with E-state index < -0.39 is 0 Å². The summed E-state index contributed by atoms with van der Waals surface area (Å²) < 4.78 is 5.19. The number of aryl methyl sites for hydroxylation is 1. The Labute approximate surface area is 81.8 Å². The molecular formula is C12H10O2. The molecule has 2 heteroatoms. The van der Waals surface area contributed by atoms with Gasteiger partial charge in [0.1, 0.15) is 5.76 Å². The fourth-order valence-corrected chi connectivity index (χ4v) is 1.46. The summed E-state index contributed by atoms with van der Waals surface area (Å²) in [7, 11) is 0. The van der Waals surface area contributed by atoms with Crippen molar-refractivity contribution in [3.8, 4) is 11.1 Å². The fraction of sp³-hybridized carbons (Fsp3) is 0.0833. The third-order valence-electron chi connectivity index (χ3n) is 2.13. The molecule has 1 aromatic heterocycles. The summed E-state index contributed by atoms with van der Waals surface area (Å²) in [5.74, 6) is 0.656. The Bertz CT molecular complexity index is 483. The number of hydrogen-bond acceptors (Lipinski definition) is 2. The first-order valence-electron chi connectivity index (χ1n) is 4.43. The Balaban J connectivity index is 2.69.